The summed E-state index contributed by atoms with van der Waals surface area (Å²) in [5, 5.41) is 3.26. The van der Waals surface area contributed by atoms with E-state index in [0.717, 1.165) is 33.6 Å². The summed E-state index contributed by atoms with van der Waals surface area (Å²) < 4.78 is 33.0. The van der Waals surface area contributed by atoms with E-state index in [-0.39, 0.29) is 18.9 Å². The Kier molecular flexibility index (Phi) is 11.0. The van der Waals surface area contributed by atoms with E-state index in [2.05, 4.69) is 59.6 Å². The zero-order valence-corrected chi connectivity index (χ0v) is 25.2. The molecule has 1 aromatic heterocycles. The first-order valence-corrected chi connectivity index (χ1v) is 15.6. The highest BCUT2D eigenvalue weighted by molar-refractivity contribution is 7.97. The van der Waals surface area contributed by atoms with E-state index in [4.69, 9.17) is 16.2 Å². The summed E-state index contributed by atoms with van der Waals surface area (Å²) in [7, 11) is -4.11. The summed E-state index contributed by atoms with van der Waals surface area (Å²) >= 11 is 8.03. The van der Waals surface area contributed by atoms with Gasteiger partial charge in [-0.25, -0.2) is 4.31 Å². The number of rotatable bonds is 13. The molecule has 1 heterocycles. The number of nitrogens with zero attached hydrogens (tertiary/aromatic N) is 2. The van der Waals surface area contributed by atoms with Crippen molar-refractivity contribution in [1.82, 2.24) is 14.6 Å². The van der Waals surface area contributed by atoms with Crippen LogP contribution in [0.15, 0.2) is 65.8 Å². The quantitative estimate of drug-likeness (QED) is 0.178. The van der Waals surface area contributed by atoms with Crippen LogP contribution in [0.3, 0.4) is 0 Å². The van der Waals surface area contributed by atoms with E-state index in [0.29, 0.717) is 18.0 Å². The molecule has 0 spiro atoms. The minimum Gasteiger partial charge on any atom is -0.355 e. The van der Waals surface area contributed by atoms with Gasteiger partial charge in [0, 0.05) is 41.8 Å². The van der Waals surface area contributed by atoms with Gasteiger partial charge in [0.2, 0.25) is 5.91 Å². The number of aryl methyl sites for hydroxylation is 1. The van der Waals surface area contributed by atoms with Gasteiger partial charge in [-0.15, -0.1) is 0 Å². The van der Waals surface area contributed by atoms with Crippen molar-refractivity contribution in [2.75, 3.05) is 18.8 Å². The Morgan fingerprint density at radius 2 is 1.92 bits per heavy atom. The molecule has 0 fully saturated rings. The van der Waals surface area contributed by atoms with Gasteiger partial charge >= 0.3 is 0 Å². The fourth-order valence-corrected chi connectivity index (χ4v) is 6.01. The minimum absolute atomic E-state index is 0.120. The first-order chi connectivity index (χ1) is 18.4. The third-order valence-electron chi connectivity index (χ3n) is 6.66. The molecule has 210 valence electrons. The summed E-state index contributed by atoms with van der Waals surface area (Å²) in [5.74, 6) is -0.762. The van der Waals surface area contributed by atoms with Gasteiger partial charge in [-0.3, -0.25) is 14.3 Å². The predicted octanol–water partition coefficient (Wildman–Crippen LogP) is 6.30. The van der Waals surface area contributed by atoms with Crippen molar-refractivity contribution >= 4 is 39.6 Å². The summed E-state index contributed by atoms with van der Waals surface area (Å²) in [5.41, 5.74) is 5.18. The molecule has 7 nitrogen and oxygen atoms in total. The monoisotopic (exact) mass is 589 g/mol. The Bertz CT molecular complexity index is 1400. The molecule has 0 bridgehead atoms. The SMILES string of the molecule is CCc1cnccc1-c1cccc(C(C)(C)N(CCCC(=O)NCCS(=O)(=O)O)Sc2cccc(Cl)c2C)c1. The van der Waals surface area contributed by atoms with Crippen LogP contribution in [-0.2, 0) is 26.9 Å². The Morgan fingerprint density at radius 1 is 1.18 bits per heavy atom. The largest absolute Gasteiger partial charge is 0.355 e. The normalized spacial score (nSPS) is 12.1. The van der Waals surface area contributed by atoms with Crippen LogP contribution in [0.2, 0.25) is 5.02 Å². The molecule has 39 heavy (non-hydrogen) atoms. The number of halogens is 1. The number of hydrogen-bond acceptors (Lipinski definition) is 6. The zero-order chi connectivity index (χ0) is 28.6. The van der Waals surface area contributed by atoms with Crippen LogP contribution in [0.1, 0.15) is 50.3 Å². The molecule has 2 N–H and O–H groups in total. The summed E-state index contributed by atoms with van der Waals surface area (Å²) in [4.78, 5) is 17.6. The highest BCUT2D eigenvalue weighted by Crippen LogP contribution is 2.40. The lowest BCUT2D eigenvalue weighted by Gasteiger charge is -2.38. The maximum atomic E-state index is 12.3. The lowest BCUT2D eigenvalue weighted by molar-refractivity contribution is -0.121. The van der Waals surface area contributed by atoms with Gasteiger partial charge in [0.1, 0.15) is 0 Å². The first kappa shape index (κ1) is 31.1. The Hall–Kier alpha value is -2.43. The third-order valence-corrected chi connectivity index (χ3v) is 9.29. The number of benzene rings is 2. The minimum atomic E-state index is -4.11. The fraction of sp³-hybridized carbons (Fsp3) is 0.379. The number of aromatic nitrogens is 1. The molecule has 3 rings (SSSR count). The van der Waals surface area contributed by atoms with Gasteiger partial charge in [-0.05, 0) is 97.6 Å². The Balaban J connectivity index is 1.85. The standard InChI is InChI=1S/C29H36ClN3O4S2/c1-5-22-20-31-15-14-25(22)23-9-6-10-24(19-23)29(3,4)33(38-27-12-7-11-26(30)21(27)2)17-8-13-28(34)32-16-18-39(35,36)37/h6-7,9-12,14-15,19-20H,5,8,13,16-18H2,1-4H3,(H,32,34)(H,35,36,37). The molecule has 2 aromatic carbocycles. The molecule has 0 unspecified atom stereocenters. The molecule has 0 aliphatic carbocycles. The highest BCUT2D eigenvalue weighted by Gasteiger charge is 2.30. The molecule has 0 radical (unpaired) electrons. The van der Waals surface area contributed by atoms with Crippen molar-refractivity contribution < 1.29 is 17.8 Å². The van der Waals surface area contributed by atoms with Crippen LogP contribution >= 0.6 is 23.5 Å². The summed E-state index contributed by atoms with van der Waals surface area (Å²) in [6.07, 6.45) is 5.40. The van der Waals surface area contributed by atoms with Gasteiger partial charge in [-0.2, -0.15) is 8.42 Å². The van der Waals surface area contributed by atoms with Crippen LogP contribution < -0.4 is 5.32 Å². The predicted molar refractivity (Wildman–Crippen MR) is 159 cm³/mol. The lowest BCUT2D eigenvalue weighted by atomic mass is 9.90. The molecule has 10 heteroatoms. The molecule has 0 atom stereocenters. The number of hydrogen-bond donors (Lipinski definition) is 2. The number of nitrogens with one attached hydrogen (secondary N) is 1. The Labute approximate surface area is 241 Å². The van der Waals surface area contributed by atoms with E-state index >= 15 is 0 Å². The van der Waals surface area contributed by atoms with Crippen LogP contribution in [-0.4, -0.2) is 47.0 Å². The molecular weight excluding hydrogens is 554 g/mol. The average molecular weight is 590 g/mol. The van der Waals surface area contributed by atoms with Crippen molar-refractivity contribution in [1.29, 1.82) is 0 Å². The van der Waals surface area contributed by atoms with Crippen molar-refractivity contribution in [3.63, 3.8) is 0 Å². The fourth-order valence-electron chi connectivity index (χ4n) is 4.24. The van der Waals surface area contributed by atoms with Crippen LogP contribution in [0.5, 0.6) is 0 Å². The van der Waals surface area contributed by atoms with Gasteiger partial charge < -0.3 is 5.32 Å². The summed E-state index contributed by atoms with van der Waals surface area (Å²) in [6.45, 7) is 8.92. The van der Waals surface area contributed by atoms with Crippen molar-refractivity contribution in [3.8, 4) is 11.1 Å². The van der Waals surface area contributed by atoms with E-state index in [1.54, 1.807) is 11.9 Å². The van der Waals surface area contributed by atoms with E-state index in [1.165, 1.54) is 5.56 Å². The van der Waals surface area contributed by atoms with Crippen molar-refractivity contribution in [3.05, 3.63) is 82.6 Å². The van der Waals surface area contributed by atoms with Crippen LogP contribution in [0.4, 0.5) is 0 Å². The smallest absolute Gasteiger partial charge is 0.266 e. The molecule has 1 amide bonds. The average Bonchev–Trinajstić information content (AvgIpc) is 2.89. The second-order valence-electron chi connectivity index (χ2n) is 9.82. The molecule has 0 saturated carbocycles. The zero-order valence-electron chi connectivity index (χ0n) is 22.8. The van der Waals surface area contributed by atoms with Crippen molar-refractivity contribution in [2.45, 2.75) is 57.4 Å². The van der Waals surface area contributed by atoms with Gasteiger partial charge in [0.15, 0.2) is 0 Å². The topological polar surface area (TPSA) is 99.6 Å². The van der Waals surface area contributed by atoms with Gasteiger partial charge in [0.25, 0.3) is 10.1 Å². The lowest BCUT2D eigenvalue weighted by Crippen LogP contribution is -2.38. The first-order valence-electron chi connectivity index (χ1n) is 12.9. The van der Waals surface area contributed by atoms with Crippen molar-refractivity contribution in [2.24, 2.45) is 0 Å². The van der Waals surface area contributed by atoms with Gasteiger partial charge in [0.05, 0.1) is 11.3 Å². The third kappa shape index (κ3) is 8.78. The number of carbonyl (C=O) groups is 1. The molecular formula is C29H36ClN3O4S2. The van der Waals surface area contributed by atoms with Crippen LogP contribution in [0.25, 0.3) is 11.1 Å². The second-order valence-corrected chi connectivity index (χ2v) is 12.9. The molecule has 0 aliphatic heterocycles. The van der Waals surface area contributed by atoms with E-state index < -0.39 is 21.4 Å². The number of amides is 1. The second kappa shape index (κ2) is 13.8. The molecule has 3 aromatic rings. The number of pyridine rings is 1. The Morgan fingerprint density at radius 3 is 2.64 bits per heavy atom. The summed E-state index contributed by atoms with van der Waals surface area (Å²) in [6, 6.07) is 16.4. The van der Waals surface area contributed by atoms with Gasteiger partial charge in [-0.1, -0.05) is 42.8 Å². The number of carbonyl (C=O) groups excluding carboxylic acids is 1. The van der Waals surface area contributed by atoms with E-state index in [9.17, 15) is 13.2 Å². The maximum Gasteiger partial charge on any atom is 0.266 e. The molecule has 0 saturated heterocycles. The van der Waals surface area contributed by atoms with Crippen LogP contribution in [0, 0.1) is 6.92 Å². The molecule has 0 aliphatic rings. The van der Waals surface area contributed by atoms with E-state index in [1.807, 2.05) is 43.6 Å². The highest BCUT2D eigenvalue weighted by atomic mass is 35.5. The maximum absolute atomic E-state index is 12.3.